The summed E-state index contributed by atoms with van der Waals surface area (Å²) in [6.45, 7) is 3.21. The van der Waals surface area contributed by atoms with Crippen molar-refractivity contribution in [3.63, 3.8) is 0 Å². The summed E-state index contributed by atoms with van der Waals surface area (Å²) >= 11 is 1.73. The Labute approximate surface area is 180 Å². The number of rotatable bonds is 5. The van der Waals surface area contributed by atoms with Gasteiger partial charge in [0.15, 0.2) is 0 Å². The zero-order chi connectivity index (χ0) is 20.5. The summed E-state index contributed by atoms with van der Waals surface area (Å²) in [5.41, 5.74) is 7.77. The maximum atomic E-state index is 14.5. The van der Waals surface area contributed by atoms with E-state index in [1.54, 1.807) is 17.8 Å². The quantitative estimate of drug-likeness (QED) is 0.767. The largest absolute Gasteiger partial charge is 0.375 e. The fourth-order valence-electron chi connectivity index (χ4n) is 4.41. The second-order valence-electron chi connectivity index (χ2n) is 8.22. The van der Waals surface area contributed by atoms with Crippen LogP contribution in [0.25, 0.3) is 11.1 Å². The SMILES string of the molecule is N#Cc1ccc(-c2cc(C3CC3)cc(CC3CNCCO3)c2C2CN=CS2)cc1F. The van der Waals surface area contributed by atoms with Gasteiger partial charge in [0, 0.05) is 19.5 Å². The molecule has 5 rings (SSSR count). The van der Waals surface area contributed by atoms with Crippen LogP contribution in [-0.4, -0.2) is 37.9 Å². The van der Waals surface area contributed by atoms with Gasteiger partial charge in [-0.15, -0.1) is 11.8 Å². The lowest BCUT2D eigenvalue weighted by Gasteiger charge is -2.27. The highest BCUT2D eigenvalue weighted by atomic mass is 32.2. The Morgan fingerprint density at radius 1 is 1.27 bits per heavy atom. The van der Waals surface area contributed by atoms with Gasteiger partial charge in [-0.1, -0.05) is 18.2 Å². The van der Waals surface area contributed by atoms with Crippen LogP contribution in [0, 0.1) is 17.1 Å². The zero-order valence-electron chi connectivity index (χ0n) is 16.7. The number of halogens is 1. The highest BCUT2D eigenvalue weighted by molar-refractivity contribution is 8.12. The van der Waals surface area contributed by atoms with Crippen LogP contribution in [0.4, 0.5) is 4.39 Å². The first-order valence-corrected chi connectivity index (χ1v) is 11.5. The standard InChI is InChI=1S/C24H24FN3OS/c25-22-10-16(3-4-17(22)11-26)21-9-18(15-1-2-15)7-19(8-20-12-27-5-6-29-20)24(21)23-13-28-14-30-23/h3-4,7,9-10,14-15,20,23,27H,1-2,5-6,8,12-13H2. The summed E-state index contributed by atoms with van der Waals surface area (Å²) in [5, 5.41) is 12.8. The van der Waals surface area contributed by atoms with Crippen molar-refractivity contribution in [2.45, 2.75) is 36.5 Å². The van der Waals surface area contributed by atoms with E-state index in [2.05, 4.69) is 22.4 Å². The van der Waals surface area contributed by atoms with E-state index in [4.69, 9.17) is 10.00 Å². The average molecular weight is 422 g/mol. The van der Waals surface area contributed by atoms with Crippen LogP contribution in [0.15, 0.2) is 35.3 Å². The molecule has 6 heteroatoms. The van der Waals surface area contributed by atoms with Gasteiger partial charge in [-0.3, -0.25) is 4.99 Å². The van der Waals surface area contributed by atoms with Crippen LogP contribution in [0.3, 0.4) is 0 Å². The van der Waals surface area contributed by atoms with Crippen LogP contribution >= 0.6 is 11.8 Å². The molecule has 0 radical (unpaired) electrons. The van der Waals surface area contributed by atoms with Crippen molar-refractivity contribution in [3.8, 4) is 17.2 Å². The summed E-state index contributed by atoms with van der Waals surface area (Å²) < 4.78 is 20.5. The van der Waals surface area contributed by atoms with Crippen LogP contribution < -0.4 is 5.32 Å². The predicted octanol–water partition coefficient (Wildman–Crippen LogP) is 4.59. The molecule has 2 aromatic carbocycles. The van der Waals surface area contributed by atoms with Crippen molar-refractivity contribution in [2.75, 3.05) is 26.2 Å². The summed E-state index contributed by atoms with van der Waals surface area (Å²) in [5.74, 6) is 0.132. The number of hydrogen-bond donors (Lipinski definition) is 1. The van der Waals surface area contributed by atoms with Crippen LogP contribution in [0.2, 0.25) is 0 Å². The molecule has 0 spiro atoms. The third kappa shape index (κ3) is 4.02. The van der Waals surface area contributed by atoms with Gasteiger partial charge in [0.25, 0.3) is 0 Å². The molecular formula is C24H24FN3OS. The summed E-state index contributed by atoms with van der Waals surface area (Å²) in [6.07, 6.45) is 3.40. The molecule has 2 aromatic rings. The smallest absolute Gasteiger partial charge is 0.141 e. The minimum Gasteiger partial charge on any atom is -0.375 e. The Hall–Kier alpha value is -2.20. The van der Waals surface area contributed by atoms with E-state index in [-0.39, 0.29) is 16.9 Å². The molecule has 1 saturated carbocycles. The number of aliphatic imine (C=N–C) groups is 1. The van der Waals surface area contributed by atoms with Crippen LogP contribution in [-0.2, 0) is 11.2 Å². The molecule has 0 amide bonds. The number of thioether (sulfide) groups is 1. The van der Waals surface area contributed by atoms with Crippen molar-refractivity contribution in [1.29, 1.82) is 5.26 Å². The molecule has 0 aromatic heterocycles. The van der Waals surface area contributed by atoms with E-state index in [9.17, 15) is 4.39 Å². The summed E-state index contributed by atoms with van der Waals surface area (Å²) in [7, 11) is 0. The summed E-state index contributed by atoms with van der Waals surface area (Å²) in [4.78, 5) is 4.46. The minimum atomic E-state index is -0.463. The lowest BCUT2D eigenvalue weighted by molar-refractivity contribution is 0.0291. The number of nitrogens with zero attached hydrogens (tertiary/aromatic N) is 2. The first kappa shape index (κ1) is 19.7. The van der Waals surface area contributed by atoms with Gasteiger partial charge in [0.05, 0.1) is 35.6 Å². The van der Waals surface area contributed by atoms with Crippen molar-refractivity contribution >= 4 is 17.3 Å². The molecule has 1 N–H and O–H groups in total. The molecular weight excluding hydrogens is 397 g/mol. The molecule has 1 aliphatic carbocycles. The number of morpholine rings is 1. The molecule has 4 nitrogen and oxygen atoms in total. The molecule has 2 heterocycles. The second kappa shape index (κ2) is 8.50. The molecule has 30 heavy (non-hydrogen) atoms. The highest BCUT2D eigenvalue weighted by Gasteiger charge is 2.30. The first-order valence-electron chi connectivity index (χ1n) is 10.6. The van der Waals surface area contributed by atoms with Gasteiger partial charge < -0.3 is 10.1 Å². The van der Waals surface area contributed by atoms with Gasteiger partial charge in [0.2, 0.25) is 0 Å². The number of ether oxygens (including phenoxy) is 1. The van der Waals surface area contributed by atoms with Crippen LogP contribution in [0.5, 0.6) is 0 Å². The molecule has 0 bridgehead atoms. The molecule has 154 valence electrons. The Kier molecular flexibility index (Phi) is 5.60. The Bertz CT molecular complexity index is 1010. The predicted molar refractivity (Wildman–Crippen MR) is 119 cm³/mol. The number of hydrogen-bond acceptors (Lipinski definition) is 5. The fraction of sp³-hybridized carbons (Fsp3) is 0.417. The Balaban J connectivity index is 1.63. The van der Waals surface area contributed by atoms with E-state index in [1.807, 2.05) is 17.7 Å². The number of nitrogens with one attached hydrogen (secondary N) is 1. The van der Waals surface area contributed by atoms with E-state index in [1.165, 1.54) is 35.6 Å². The normalized spacial score (nSPS) is 23.5. The molecule has 1 saturated heterocycles. The molecule has 3 aliphatic rings. The van der Waals surface area contributed by atoms with Crippen molar-refractivity contribution in [3.05, 3.63) is 58.4 Å². The van der Waals surface area contributed by atoms with Crippen LogP contribution in [0.1, 0.15) is 46.3 Å². The van der Waals surface area contributed by atoms with Crippen molar-refractivity contribution in [2.24, 2.45) is 4.99 Å². The maximum Gasteiger partial charge on any atom is 0.141 e. The Morgan fingerprint density at radius 3 is 2.83 bits per heavy atom. The molecule has 2 aliphatic heterocycles. The van der Waals surface area contributed by atoms with Crippen molar-refractivity contribution < 1.29 is 9.13 Å². The first-order chi connectivity index (χ1) is 14.7. The second-order valence-corrected chi connectivity index (χ2v) is 9.27. The highest BCUT2D eigenvalue weighted by Crippen LogP contribution is 2.46. The third-order valence-corrected chi connectivity index (χ3v) is 7.07. The van der Waals surface area contributed by atoms with Gasteiger partial charge in [-0.25, -0.2) is 4.39 Å². The summed E-state index contributed by atoms with van der Waals surface area (Å²) in [6, 6.07) is 11.5. The maximum absolute atomic E-state index is 14.5. The Morgan fingerprint density at radius 2 is 2.17 bits per heavy atom. The average Bonchev–Trinajstić information content (AvgIpc) is 3.49. The lowest BCUT2D eigenvalue weighted by Crippen LogP contribution is -2.39. The molecule has 2 fully saturated rings. The lowest BCUT2D eigenvalue weighted by atomic mass is 9.87. The zero-order valence-corrected chi connectivity index (χ0v) is 17.6. The third-order valence-electron chi connectivity index (χ3n) is 6.08. The molecule has 2 unspecified atom stereocenters. The topological polar surface area (TPSA) is 57.4 Å². The number of nitriles is 1. The van der Waals surface area contributed by atoms with Crippen molar-refractivity contribution in [1.82, 2.24) is 5.32 Å². The van der Waals surface area contributed by atoms with Gasteiger partial charge in [-0.2, -0.15) is 5.26 Å². The van der Waals surface area contributed by atoms with Gasteiger partial charge in [-0.05, 0) is 58.7 Å². The van der Waals surface area contributed by atoms with E-state index in [0.717, 1.165) is 43.8 Å². The van der Waals surface area contributed by atoms with Gasteiger partial charge in [0.1, 0.15) is 11.9 Å². The number of benzene rings is 2. The monoisotopic (exact) mass is 421 g/mol. The minimum absolute atomic E-state index is 0.0825. The van der Waals surface area contributed by atoms with E-state index in [0.29, 0.717) is 5.92 Å². The molecule has 2 atom stereocenters. The van der Waals surface area contributed by atoms with E-state index < -0.39 is 5.82 Å². The van der Waals surface area contributed by atoms with Gasteiger partial charge >= 0.3 is 0 Å². The fourth-order valence-corrected chi connectivity index (χ4v) is 5.31. The van der Waals surface area contributed by atoms with E-state index >= 15 is 0 Å².